The summed E-state index contributed by atoms with van der Waals surface area (Å²) in [7, 11) is 0. The first-order valence-electron chi connectivity index (χ1n) is 8.34. The molecule has 23 heavy (non-hydrogen) atoms. The Kier molecular flexibility index (Phi) is 4.92. The molecule has 0 radical (unpaired) electrons. The molecule has 0 aromatic heterocycles. The average Bonchev–Trinajstić information content (AvgIpc) is 3.28. The van der Waals surface area contributed by atoms with E-state index in [0.29, 0.717) is 17.8 Å². The summed E-state index contributed by atoms with van der Waals surface area (Å²) in [4.78, 5) is 0. The number of hydrogen-bond donors (Lipinski definition) is 0. The maximum Gasteiger partial charge on any atom is 0.0161 e. The van der Waals surface area contributed by atoms with Gasteiger partial charge in [0.25, 0.3) is 0 Å². The SMILES string of the molecule is C=C(CC(CC(=C)C1C=CC=C1)c1ccccc1)C1C=CC=C1. The number of rotatable bonds is 7. The average molecular weight is 300 g/mol. The van der Waals surface area contributed by atoms with E-state index in [9.17, 15) is 0 Å². The Balaban J connectivity index is 1.73. The van der Waals surface area contributed by atoms with Gasteiger partial charge in [0.05, 0.1) is 0 Å². The Morgan fingerprint density at radius 1 is 0.739 bits per heavy atom. The smallest absolute Gasteiger partial charge is 0.0161 e. The van der Waals surface area contributed by atoms with Gasteiger partial charge in [-0.3, -0.25) is 0 Å². The largest absolute Gasteiger partial charge is 0.0989 e. The lowest BCUT2D eigenvalue weighted by atomic mass is 9.81. The molecule has 1 aromatic carbocycles. The number of hydrogen-bond acceptors (Lipinski definition) is 0. The molecule has 0 unspecified atom stereocenters. The van der Waals surface area contributed by atoms with E-state index in [1.54, 1.807) is 0 Å². The molecule has 0 heterocycles. The molecule has 3 rings (SSSR count). The molecule has 0 amide bonds. The van der Waals surface area contributed by atoms with Crippen LogP contribution in [0.1, 0.15) is 24.3 Å². The van der Waals surface area contributed by atoms with Crippen LogP contribution in [0.2, 0.25) is 0 Å². The van der Waals surface area contributed by atoms with E-state index in [2.05, 4.69) is 92.1 Å². The molecule has 0 saturated heterocycles. The van der Waals surface area contributed by atoms with E-state index in [4.69, 9.17) is 0 Å². The zero-order chi connectivity index (χ0) is 16.1. The number of benzene rings is 1. The van der Waals surface area contributed by atoms with Gasteiger partial charge in [-0.2, -0.15) is 0 Å². The van der Waals surface area contributed by atoms with E-state index in [1.165, 1.54) is 16.7 Å². The second-order valence-corrected chi connectivity index (χ2v) is 6.42. The lowest BCUT2D eigenvalue weighted by molar-refractivity contribution is 0.630. The quantitative estimate of drug-likeness (QED) is 0.530. The van der Waals surface area contributed by atoms with E-state index in [1.807, 2.05) is 0 Å². The molecule has 2 aliphatic rings. The molecule has 0 bridgehead atoms. The molecule has 0 nitrogen and oxygen atoms in total. The highest BCUT2D eigenvalue weighted by molar-refractivity contribution is 5.33. The van der Waals surface area contributed by atoms with Crippen molar-refractivity contribution in [3.63, 3.8) is 0 Å². The van der Waals surface area contributed by atoms with Gasteiger partial charge in [-0.15, -0.1) is 0 Å². The van der Waals surface area contributed by atoms with Crippen LogP contribution in [-0.2, 0) is 0 Å². The van der Waals surface area contributed by atoms with E-state index in [0.717, 1.165) is 12.8 Å². The summed E-state index contributed by atoms with van der Waals surface area (Å²) >= 11 is 0. The lowest BCUT2D eigenvalue weighted by Gasteiger charge is -2.23. The highest BCUT2D eigenvalue weighted by atomic mass is 14.2. The summed E-state index contributed by atoms with van der Waals surface area (Å²) in [6.07, 6.45) is 19.3. The van der Waals surface area contributed by atoms with Gasteiger partial charge in [-0.1, -0.05) is 103 Å². The minimum Gasteiger partial charge on any atom is -0.0989 e. The summed E-state index contributed by atoms with van der Waals surface area (Å²) in [5, 5.41) is 0. The van der Waals surface area contributed by atoms with Crippen LogP contribution in [0.3, 0.4) is 0 Å². The first kappa shape index (κ1) is 15.6. The van der Waals surface area contributed by atoms with Crippen molar-refractivity contribution in [2.45, 2.75) is 18.8 Å². The molecule has 0 atom stereocenters. The minimum atomic E-state index is 0.390. The van der Waals surface area contributed by atoms with Gasteiger partial charge in [-0.25, -0.2) is 0 Å². The highest BCUT2D eigenvalue weighted by Crippen LogP contribution is 2.35. The topological polar surface area (TPSA) is 0 Å². The van der Waals surface area contributed by atoms with Gasteiger partial charge in [0.2, 0.25) is 0 Å². The third kappa shape index (κ3) is 3.90. The van der Waals surface area contributed by atoms with Crippen molar-refractivity contribution in [2.75, 3.05) is 0 Å². The van der Waals surface area contributed by atoms with Crippen molar-refractivity contribution in [2.24, 2.45) is 11.8 Å². The normalized spacial score (nSPS) is 16.7. The second kappa shape index (κ2) is 7.28. The van der Waals surface area contributed by atoms with Gasteiger partial charge in [0, 0.05) is 11.8 Å². The maximum atomic E-state index is 4.35. The molecular formula is C23H24. The molecule has 0 heteroatoms. The van der Waals surface area contributed by atoms with Crippen LogP contribution >= 0.6 is 0 Å². The van der Waals surface area contributed by atoms with Crippen LogP contribution in [0.5, 0.6) is 0 Å². The van der Waals surface area contributed by atoms with Gasteiger partial charge >= 0.3 is 0 Å². The summed E-state index contributed by atoms with van der Waals surface area (Å²) in [6, 6.07) is 10.8. The summed E-state index contributed by atoms with van der Waals surface area (Å²) in [5.74, 6) is 1.22. The van der Waals surface area contributed by atoms with Crippen molar-refractivity contribution in [3.05, 3.63) is 109 Å². The van der Waals surface area contributed by atoms with Gasteiger partial charge in [-0.05, 0) is 24.3 Å². The zero-order valence-corrected chi connectivity index (χ0v) is 13.6. The van der Waals surface area contributed by atoms with E-state index >= 15 is 0 Å². The molecule has 1 aromatic rings. The Hall–Kier alpha value is -2.34. The fourth-order valence-corrected chi connectivity index (χ4v) is 3.35. The summed E-state index contributed by atoms with van der Waals surface area (Å²) in [6.45, 7) is 8.69. The molecule has 116 valence electrons. The van der Waals surface area contributed by atoms with Crippen LogP contribution in [0.25, 0.3) is 0 Å². The third-order valence-electron chi connectivity index (χ3n) is 4.73. The zero-order valence-electron chi connectivity index (χ0n) is 13.6. The molecule has 0 saturated carbocycles. The Bertz CT molecular complexity index is 616. The Labute approximate surface area is 139 Å². The molecule has 0 aliphatic heterocycles. The number of allylic oxidation sites excluding steroid dienone is 10. The minimum absolute atomic E-state index is 0.390. The predicted molar refractivity (Wildman–Crippen MR) is 100 cm³/mol. The summed E-state index contributed by atoms with van der Waals surface area (Å²) < 4.78 is 0. The third-order valence-corrected chi connectivity index (χ3v) is 4.73. The predicted octanol–water partition coefficient (Wildman–Crippen LogP) is 6.15. The first-order valence-corrected chi connectivity index (χ1v) is 8.34. The van der Waals surface area contributed by atoms with Crippen LogP contribution in [0.15, 0.2) is 103 Å². The van der Waals surface area contributed by atoms with Gasteiger partial charge in [0.1, 0.15) is 0 Å². The molecule has 0 N–H and O–H groups in total. The van der Waals surface area contributed by atoms with Crippen molar-refractivity contribution in [3.8, 4) is 0 Å². The highest BCUT2D eigenvalue weighted by Gasteiger charge is 2.20. The van der Waals surface area contributed by atoms with Crippen molar-refractivity contribution < 1.29 is 0 Å². The Morgan fingerprint density at radius 3 is 1.61 bits per heavy atom. The first-order chi connectivity index (χ1) is 11.2. The Morgan fingerprint density at radius 2 is 1.17 bits per heavy atom. The van der Waals surface area contributed by atoms with Gasteiger partial charge < -0.3 is 0 Å². The van der Waals surface area contributed by atoms with Crippen LogP contribution < -0.4 is 0 Å². The standard InChI is InChI=1S/C23H24/c1-18(20-10-6-7-11-20)16-23(22-14-4-3-5-15-22)17-19(2)21-12-8-9-13-21/h3-15,20-21,23H,1-2,16-17H2. The van der Waals surface area contributed by atoms with Crippen LogP contribution in [-0.4, -0.2) is 0 Å². The fraction of sp³-hybridized carbons (Fsp3) is 0.217. The van der Waals surface area contributed by atoms with Crippen molar-refractivity contribution >= 4 is 0 Å². The maximum absolute atomic E-state index is 4.35. The van der Waals surface area contributed by atoms with Crippen molar-refractivity contribution in [1.29, 1.82) is 0 Å². The lowest BCUT2D eigenvalue weighted by Crippen LogP contribution is -2.07. The van der Waals surface area contributed by atoms with Crippen molar-refractivity contribution in [1.82, 2.24) is 0 Å². The monoisotopic (exact) mass is 300 g/mol. The van der Waals surface area contributed by atoms with E-state index < -0.39 is 0 Å². The van der Waals surface area contributed by atoms with Gasteiger partial charge in [0.15, 0.2) is 0 Å². The molecule has 0 fully saturated rings. The molecular weight excluding hydrogens is 276 g/mol. The molecule has 0 spiro atoms. The van der Waals surface area contributed by atoms with Crippen LogP contribution in [0, 0.1) is 11.8 Å². The van der Waals surface area contributed by atoms with Crippen LogP contribution in [0.4, 0.5) is 0 Å². The fourth-order valence-electron chi connectivity index (χ4n) is 3.35. The van der Waals surface area contributed by atoms with E-state index in [-0.39, 0.29) is 0 Å². The molecule has 2 aliphatic carbocycles. The summed E-state index contributed by atoms with van der Waals surface area (Å²) in [5.41, 5.74) is 3.95. The second-order valence-electron chi connectivity index (χ2n) is 6.42.